The minimum atomic E-state index is -4.39. The van der Waals surface area contributed by atoms with Crippen LogP contribution >= 0.6 is 0 Å². The van der Waals surface area contributed by atoms with Gasteiger partial charge in [0.15, 0.2) is 0 Å². The van der Waals surface area contributed by atoms with Gasteiger partial charge < -0.3 is 5.32 Å². The third-order valence-corrected chi connectivity index (χ3v) is 5.25. The summed E-state index contributed by atoms with van der Waals surface area (Å²) in [5.41, 5.74) is 0.413. The Morgan fingerprint density at radius 1 is 1.12 bits per heavy atom. The maximum Gasteiger partial charge on any atom is 0.416 e. The lowest BCUT2D eigenvalue weighted by Crippen LogP contribution is -2.57. The summed E-state index contributed by atoms with van der Waals surface area (Å²) in [5.74, 6) is -0.257. The van der Waals surface area contributed by atoms with E-state index in [4.69, 9.17) is 0 Å². The normalized spacial score (nSPS) is 24.7. The van der Waals surface area contributed by atoms with E-state index in [2.05, 4.69) is 10.2 Å². The number of hydrogen-bond acceptors (Lipinski definition) is 2. The van der Waals surface area contributed by atoms with Crippen LogP contribution in [-0.4, -0.2) is 36.0 Å². The molecule has 0 spiro atoms. The molecule has 0 bridgehead atoms. The number of nitrogens with one attached hydrogen (secondary N) is 1. The average molecular weight is 340 g/mol. The van der Waals surface area contributed by atoms with Gasteiger partial charge in [0.1, 0.15) is 0 Å². The van der Waals surface area contributed by atoms with Crippen molar-refractivity contribution in [2.45, 2.75) is 57.8 Å². The maximum absolute atomic E-state index is 12.9. The Balaban J connectivity index is 1.73. The lowest BCUT2D eigenvalue weighted by atomic mass is 9.84. The summed E-state index contributed by atoms with van der Waals surface area (Å²) in [6.45, 7) is 5.29. The number of amides is 1. The lowest BCUT2D eigenvalue weighted by molar-refractivity contribution is -0.137. The molecule has 1 aliphatic heterocycles. The van der Waals surface area contributed by atoms with Gasteiger partial charge in [0.05, 0.1) is 5.56 Å². The Morgan fingerprint density at radius 2 is 1.71 bits per heavy atom. The summed E-state index contributed by atoms with van der Waals surface area (Å²) in [7, 11) is 0. The lowest BCUT2D eigenvalue weighted by Gasteiger charge is -2.43. The molecule has 1 aromatic rings. The number of rotatable bonds is 3. The highest BCUT2D eigenvalue weighted by Crippen LogP contribution is 2.33. The van der Waals surface area contributed by atoms with E-state index in [0.29, 0.717) is 22.7 Å². The van der Waals surface area contributed by atoms with Gasteiger partial charge in [-0.05, 0) is 75.9 Å². The number of carbonyl (C=O) groups is 1. The van der Waals surface area contributed by atoms with Gasteiger partial charge in [-0.15, -0.1) is 0 Å². The number of aryl methyl sites for hydroxylation is 2. The zero-order chi connectivity index (χ0) is 17.5. The highest BCUT2D eigenvalue weighted by Gasteiger charge is 2.38. The van der Waals surface area contributed by atoms with Crippen molar-refractivity contribution in [2.24, 2.45) is 0 Å². The molecule has 1 saturated heterocycles. The van der Waals surface area contributed by atoms with Gasteiger partial charge in [-0.2, -0.15) is 13.2 Å². The van der Waals surface area contributed by atoms with Crippen LogP contribution in [0, 0.1) is 13.8 Å². The topological polar surface area (TPSA) is 32.3 Å². The smallest absolute Gasteiger partial charge is 0.348 e. The van der Waals surface area contributed by atoms with Crippen molar-refractivity contribution < 1.29 is 18.0 Å². The van der Waals surface area contributed by atoms with Gasteiger partial charge >= 0.3 is 6.18 Å². The molecule has 2 fully saturated rings. The Kier molecular flexibility index (Phi) is 4.60. The highest BCUT2D eigenvalue weighted by atomic mass is 19.4. The Morgan fingerprint density at radius 3 is 2.17 bits per heavy atom. The zero-order valence-electron chi connectivity index (χ0n) is 14.0. The number of halogens is 3. The second-order valence-electron chi connectivity index (χ2n) is 6.95. The van der Waals surface area contributed by atoms with Crippen molar-refractivity contribution in [3.63, 3.8) is 0 Å². The minimum absolute atomic E-state index is 0.108. The van der Waals surface area contributed by atoms with Crippen molar-refractivity contribution in [1.29, 1.82) is 0 Å². The van der Waals surface area contributed by atoms with Crippen LogP contribution in [0.3, 0.4) is 0 Å². The quantitative estimate of drug-likeness (QED) is 0.910. The second kappa shape index (κ2) is 6.39. The predicted octanol–water partition coefficient (Wildman–Crippen LogP) is 3.68. The summed E-state index contributed by atoms with van der Waals surface area (Å²) in [6, 6.07) is 2.60. The Hall–Kier alpha value is -1.56. The molecule has 1 heterocycles. The molecule has 1 aliphatic carbocycles. The number of hydrogen-bond donors (Lipinski definition) is 1. The first kappa shape index (κ1) is 17.3. The molecule has 0 aromatic heterocycles. The number of benzene rings is 1. The van der Waals surface area contributed by atoms with Crippen LogP contribution in [0.4, 0.5) is 13.2 Å². The number of likely N-dealkylation sites (tertiary alicyclic amines) is 1. The standard InChI is InChI=1S/C18H23F3N2O/c1-11-9-13(18(19,20)21)10-12(2)16(11)17(24)22-14-5-6-15(14)23-7-3-4-8-23/h9-10,14-15H,3-8H2,1-2H3,(H,22,24). The molecule has 3 rings (SSSR count). The molecule has 1 aromatic carbocycles. The largest absolute Gasteiger partial charge is 0.416 e. The summed E-state index contributed by atoms with van der Waals surface area (Å²) in [4.78, 5) is 15.0. The van der Waals surface area contributed by atoms with Crippen LogP contribution in [0.25, 0.3) is 0 Å². The van der Waals surface area contributed by atoms with Crippen molar-refractivity contribution in [3.8, 4) is 0 Å². The third kappa shape index (κ3) is 3.29. The Bertz CT molecular complexity index is 613. The van der Waals surface area contributed by atoms with Crippen molar-refractivity contribution in [1.82, 2.24) is 10.2 Å². The van der Waals surface area contributed by atoms with Crippen LogP contribution in [0.2, 0.25) is 0 Å². The summed E-state index contributed by atoms with van der Waals surface area (Å²) in [5, 5.41) is 3.04. The summed E-state index contributed by atoms with van der Waals surface area (Å²) < 4.78 is 38.6. The molecular weight excluding hydrogens is 317 g/mol. The molecule has 2 atom stereocenters. The van der Waals surface area contributed by atoms with Crippen LogP contribution in [-0.2, 0) is 6.18 Å². The van der Waals surface area contributed by atoms with E-state index in [0.717, 1.165) is 38.1 Å². The summed E-state index contributed by atoms with van der Waals surface area (Å²) in [6.07, 6.45) is 0.0312. The average Bonchev–Trinajstić information content (AvgIpc) is 2.95. The highest BCUT2D eigenvalue weighted by molar-refractivity contribution is 5.97. The molecule has 3 nitrogen and oxygen atoms in total. The molecule has 2 aliphatic rings. The van der Waals surface area contributed by atoms with Gasteiger partial charge in [-0.1, -0.05) is 0 Å². The molecule has 24 heavy (non-hydrogen) atoms. The van der Waals surface area contributed by atoms with Crippen LogP contribution in [0.15, 0.2) is 12.1 Å². The zero-order valence-corrected chi connectivity index (χ0v) is 14.0. The number of carbonyl (C=O) groups excluding carboxylic acids is 1. The van der Waals surface area contributed by atoms with Gasteiger partial charge in [-0.3, -0.25) is 9.69 Å². The number of alkyl halides is 3. The van der Waals surface area contributed by atoms with Crippen LogP contribution in [0.1, 0.15) is 52.7 Å². The fourth-order valence-corrected chi connectivity index (χ4v) is 3.89. The van der Waals surface area contributed by atoms with Crippen LogP contribution < -0.4 is 5.32 Å². The van der Waals surface area contributed by atoms with Gasteiger partial charge in [0, 0.05) is 17.6 Å². The van der Waals surface area contributed by atoms with E-state index >= 15 is 0 Å². The van der Waals surface area contributed by atoms with Crippen molar-refractivity contribution in [3.05, 3.63) is 34.4 Å². The van der Waals surface area contributed by atoms with E-state index < -0.39 is 11.7 Å². The van der Waals surface area contributed by atoms with E-state index in [1.807, 2.05) is 0 Å². The second-order valence-corrected chi connectivity index (χ2v) is 6.95. The van der Waals surface area contributed by atoms with Crippen molar-refractivity contribution >= 4 is 5.91 Å². The van der Waals surface area contributed by atoms with E-state index in [1.54, 1.807) is 13.8 Å². The van der Waals surface area contributed by atoms with Crippen molar-refractivity contribution in [2.75, 3.05) is 13.1 Å². The van der Waals surface area contributed by atoms with E-state index in [-0.39, 0.29) is 11.9 Å². The first-order valence-electron chi connectivity index (χ1n) is 8.50. The molecule has 2 unspecified atom stereocenters. The SMILES string of the molecule is Cc1cc(C(F)(F)F)cc(C)c1C(=O)NC1CCC1N1CCCC1. The fraction of sp³-hybridized carbons (Fsp3) is 0.611. The predicted molar refractivity (Wildman–Crippen MR) is 86.0 cm³/mol. The Labute approximate surface area is 140 Å². The van der Waals surface area contributed by atoms with Gasteiger partial charge in [0.25, 0.3) is 5.91 Å². The molecule has 6 heteroatoms. The van der Waals surface area contributed by atoms with E-state index in [9.17, 15) is 18.0 Å². The molecule has 132 valence electrons. The molecular formula is C18H23F3N2O. The first-order chi connectivity index (χ1) is 11.3. The van der Waals surface area contributed by atoms with Gasteiger partial charge in [0.2, 0.25) is 0 Å². The number of nitrogens with zero attached hydrogens (tertiary/aromatic N) is 1. The van der Waals surface area contributed by atoms with Gasteiger partial charge in [-0.25, -0.2) is 0 Å². The monoisotopic (exact) mass is 340 g/mol. The molecule has 1 amide bonds. The molecule has 1 saturated carbocycles. The minimum Gasteiger partial charge on any atom is -0.348 e. The first-order valence-corrected chi connectivity index (χ1v) is 8.50. The third-order valence-electron chi connectivity index (χ3n) is 5.25. The molecule has 1 N–H and O–H groups in total. The van der Waals surface area contributed by atoms with Crippen LogP contribution in [0.5, 0.6) is 0 Å². The fourth-order valence-electron chi connectivity index (χ4n) is 3.89. The maximum atomic E-state index is 12.9. The molecule has 0 radical (unpaired) electrons. The summed E-state index contributed by atoms with van der Waals surface area (Å²) >= 11 is 0. The van der Waals surface area contributed by atoms with E-state index in [1.165, 1.54) is 12.8 Å².